The summed E-state index contributed by atoms with van der Waals surface area (Å²) in [5.41, 5.74) is 0.721. The second kappa shape index (κ2) is 6.47. The normalized spacial score (nSPS) is 10.5. The monoisotopic (exact) mass is 293 g/mol. The Kier molecular flexibility index (Phi) is 4.67. The van der Waals surface area contributed by atoms with Gasteiger partial charge in [-0.05, 0) is 32.4 Å². The second-order valence-corrected chi connectivity index (χ2v) is 4.65. The molecule has 0 saturated heterocycles. The molecular weight excluding hydrogens is 276 g/mol. The minimum absolute atomic E-state index is 0.191. The van der Waals surface area contributed by atoms with Gasteiger partial charge in [-0.25, -0.2) is 13.8 Å². The molecule has 4 nitrogen and oxygen atoms in total. The fraction of sp³-hybridized carbons (Fsp3) is 0.333. The van der Waals surface area contributed by atoms with E-state index in [1.165, 1.54) is 6.07 Å². The standard InChI is InChI=1S/C15H17F2N3O/c1-4-7-18-14-9(2)15(20-10(3)19-14)21-11-5-6-12(16)13(17)8-11/h5-6,8H,4,7H2,1-3H3,(H,18,19,20). The van der Waals surface area contributed by atoms with Crippen molar-refractivity contribution in [3.63, 3.8) is 0 Å². The molecule has 0 spiro atoms. The lowest BCUT2D eigenvalue weighted by atomic mass is 10.3. The van der Waals surface area contributed by atoms with Crippen molar-refractivity contribution in [2.24, 2.45) is 0 Å². The van der Waals surface area contributed by atoms with Gasteiger partial charge in [-0.1, -0.05) is 6.92 Å². The third kappa shape index (κ3) is 3.65. The van der Waals surface area contributed by atoms with Crippen LogP contribution in [0, 0.1) is 25.5 Å². The van der Waals surface area contributed by atoms with Crippen LogP contribution in [0.25, 0.3) is 0 Å². The number of ether oxygens (including phenoxy) is 1. The summed E-state index contributed by atoms with van der Waals surface area (Å²) >= 11 is 0. The SMILES string of the molecule is CCCNc1nc(C)nc(Oc2ccc(F)c(F)c2)c1C. The number of nitrogens with one attached hydrogen (secondary N) is 1. The molecule has 0 fully saturated rings. The summed E-state index contributed by atoms with van der Waals surface area (Å²) in [6, 6.07) is 3.37. The van der Waals surface area contributed by atoms with Gasteiger partial charge in [0, 0.05) is 12.6 Å². The lowest BCUT2D eigenvalue weighted by molar-refractivity contribution is 0.442. The van der Waals surface area contributed by atoms with E-state index >= 15 is 0 Å². The Hall–Kier alpha value is -2.24. The van der Waals surface area contributed by atoms with Crippen LogP contribution >= 0.6 is 0 Å². The van der Waals surface area contributed by atoms with Crippen molar-refractivity contribution >= 4 is 5.82 Å². The zero-order chi connectivity index (χ0) is 15.4. The van der Waals surface area contributed by atoms with Crippen molar-refractivity contribution < 1.29 is 13.5 Å². The van der Waals surface area contributed by atoms with Gasteiger partial charge in [0.2, 0.25) is 5.88 Å². The maximum atomic E-state index is 13.2. The highest BCUT2D eigenvalue weighted by Crippen LogP contribution is 2.27. The van der Waals surface area contributed by atoms with Gasteiger partial charge in [0.05, 0.1) is 5.56 Å². The van der Waals surface area contributed by atoms with Crippen molar-refractivity contribution in [1.82, 2.24) is 9.97 Å². The Morgan fingerprint density at radius 2 is 1.90 bits per heavy atom. The number of rotatable bonds is 5. The molecule has 0 bridgehead atoms. The van der Waals surface area contributed by atoms with Crippen molar-refractivity contribution in [2.75, 3.05) is 11.9 Å². The molecule has 1 heterocycles. The van der Waals surface area contributed by atoms with Gasteiger partial charge in [0.25, 0.3) is 0 Å². The summed E-state index contributed by atoms with van der Waals surface area (Å²) in [5, 5.41) is 3.18. The van der Waals surface area contributed by atoms with Gasteiger partial charge in [-0.15, -0.1) is 0 Å². The summed E-state index contributed by atoms with van der Waals surface area (Å²) in [6.45, 7) is 6.39. The Morgan fingerprint density at radius 3 is 2.57 bits per heavy atom. The fourth-order valence-electron chi connectivity index (χ4n) is 1.77. The zero-order valence-electron chi connectivity index (χ0n) is 12.2. The Bertz CT molecular complexity index is 647. The highest BCUT2D eigenvalue weighted by molar-refractivity contribution is 5.49. The number of aromatic nitrogens is 2. The molecule has 0 atom stereocenters. The van der Waals surface area contributed by atoms with E-state index in [-0.39, 0.29) is 5.75 Å². The van der Waals surface area contributed by atoms with Crippen LogP contribution in [0.3, 0.4) is 0 Å². The predicted octanol–water partition coefficient (Wildman–Crippen LogP) is 3.99. The van der Waals surface area contributed by atoms with Crippen LogP contribution in [0.5, 0.6) is 11.6 Å². The molecule has 1 aromatic heterocycles. The number of halogens is 2. The van der Waals surface area contributed by atoms with Crippen LogP contribution < -0.4 is 10.1 Å². The zero-order valence-corrected chi connectivity index (χ0v) is 12.2. The summed E-state index contributed by atoms with van der Waals surface area (Å²) in [6.07, 6.45) is 0.960. The molecule has 0 unspecified atom stereocenters. The van der Waals surface area contributed by atoms with E-state index in [0.29, 0.717) is 17.5 Å². The van der Waals surface area contributed by atoms with Crippen LogP contribution in [0.2, 0.25) is 0 Å². The molecule has 0 aliphatic carbocycles. The largest absolute Gasteiger partial charge is 0.438 e. The molecule has 112 valence electrons. The van der Waals surface area contributed by atoms with E-state index in [2.05, 4.69) is 22.2 Å². The van der Waals surface area contributed by atoms with Gasteiger partial charge < -0.3 is 10.1 Å². The van der Waals surface area contributed by atoms with E-state index in [0.717, 1.165) is 30.7 Å². The summed E-state index contributed by atoms with van der Waals surface area (Å²) in [7, 11) is 0. The van der Waals surface area contributed by atoms with Crippen LogP contribution in [-0.4, -0.2) is 16.5 Å². The first kappa shape index (κ1) is 15.2. The number of hydrogen-bond donors (Lipinski definition) is 1. The average molecular weight is 293 g/mol. The van der Waals surface area contributed by atoms with Crippen LogP contribution in [0.4, 0.5) is 14.6 Å². The van der Waals surface area contributed by atoms with Crippen LogP contribution in [-0.2, 0) is 0 Å². The van der Waals surface area contributed by atoms with Crippen molar-refractivity contribution in [1.29, 1.82) is 0 Å². The highest BCUT2D eigenvalue weighted by Gasteiger charge is 2.12. The van der Waals surface area contributed by atoms with Crippen LogP contribution in [0.15, 0.2) is 18.2 Å². The first-order valence-corrected chi connectivity index (χ1v) is 6.73. The quantitative estimate of drug-likeness (QED) is 0.905. The Morgan fingerprint density at radius 1 is 1.14 bits per heavy atom. The van der Waals surface area contributed by atoms with Crippen molar-refractivity contribution in [3.8, 4) is 11.6 Å². The lowest BCUT2D eigenvalue weighted by Crippen LogP contribution is -2.07. The second-order valence-electron chi connectivity index (χ2n) is 4.65. The number of aryl methyl sites for hydroxylation is 1. The van der Waals surface area contributed by atoms with Gasteiger partial charge in [0.1, 0.15) is 17.4 Å². The molecule has 0 aliphatic heterocycles. The minimum Gasteiger partial charge on any atom is -0.438 e. The van der Waals surface area contributed by atoms with Crippen LogP contribution in [0.1, 0.15) is 24.7 Å². The lowest BCUT2D eigenvalue weighted by Gasteiger charge is -2.13. The minimum atomic E-state index is -0.958. The summed E-state index contributed by atoms with van der Waals surface area (Å²) in [5.74, 6) is -0.133. The highest BCUT2D eigenvalue weighted by atomic mass is 19.2. The fourth-order valence-corrected chi connectivity index (χ4v) is 1.77. The maximum absolute atomic E-state index is 13.2. The predicted molar refractivity (Wildman–Crippen MR) is 76.7 cm³/mol. The molecule has 2 rings (SSSR count). The molecule has 1 N–H and O–H groups in total. The smallest absolute Gasteiger partial charge is 0.227 e. The van der Waals surface area contributed by atoms with E-state index in [1.54, 1.807) is 6.92 Å². The molecule has 0 radical (unpaired) electrons. The van der Waals surface area contributed by atoms with E-state index in [9.17, 15) is 8.78 Å². The van der Waals surface area contributed by atoms with E-state index < -0.39 is 11.6 Å². The molecule has 0 saturated carbocycles. The third-order valence-electron chi connectivity index (χ3n) is 2.86. The summed E-state index contributed by atoms with van der Waals surface area (Å²) in [4.78, 5) is 8.51. The van der Waals surface area contributed by atoms with E-state index in [4.69, 9.17) is 4.74 Å². The molecule has 1 aromatic carbocycles. The first-order valence-electron chi connectivity index (χ1n) is 6.73. The average Bonchev–Trinajstić information content (AvgIpc) is 2.45. The third-order valence-corrected chi connectivity index (χ3v) is 2.86. The summed E-state index contributed by atoms with van der Waals surface area (Å²) < 4.78 is 31.7. The number of benzene rings is 1. The Balaban J connectivity index is 2.30. The first-order chi connectivity index (χ1) is 10.0. The van der Waals surface area contributed by atoms with Gasteiger partial charge in [-0.3, -0.25) is 0 Å². The molecule has 0 aliphatic rings. The van der Waals surface area contributed by atoms with Gasteiger partial charge in [-0.2, -0.15) is 4.98 Å². The molecule has 6 heteroatoms. The van der Waals surface area contributed by atoms with Gasteiger partial charge in [0.15, 0.2) is 11.6 Å². The molecule has 2 aromatic rings. The Labute approximate surface area is 122 Å². The molecule has 0 amide bonds. The van der Waals surface area contributed by atoms with Crippen molar-refractivity contribution in [3.05, 3.63) is 41.2 Å². The van der Waals surface area contributed by atoms with Crippen molar-refractivity contribution in [2.45, 2.75) is 27.2 Å². The molecule has 21 heavy (non-hydrogen) atoms. The maximum Gasteiger partial charge on any atom is 0.227 e. The number of hydrogen-bond acceptors (Lipinski definition) is 4. The van der Waals surface area contributed by atoms with E-state index in [1.807, 2.05) is 6.92 Å². The molecular formula is C15H17F2N3O. The number of nitrogens with zero attached hydrogens (tertiary/aromatic N) is 2. The topological polar surface area (TPSA) is 47.0 Å². The number of anilines is 1. The van der Waals surface area contributed by atoms with Gasteiger partial charge >= 0.3 is 0 Å².